The summed E-state index contributed by atoms with van der Waals surface area (Å²) in [5.41, 5.74) is -1.05. The Hall–Kier alpha value is -0.910. The van der Waals surface area contributed by atoms with Crippen molar-refractivity contribution in [3.05, 3.63) is 22.4 Å². The molecule has 0 radical (unpaired) electrons. The summed E-state index contributed by atoms with van der Waals surface area (Å²) in [5.74, 6) is -0.882. The van der Waals surface area contributed by atoms with Gasteiger partial charge in [0, 0.05) is 30.9 Å². The molecule has 2 heterocycles. The third-order valence-electron chi connectivity index (χ3n) is 2.76. The van der Waals surface area contributed by atoms with Crippen LogP contribution in [-0.4, -0.2) is 29.9 Å². The third-order valence-corrected chi connectivity index (χ3v) is 3.61. The van der Waals surface area contributed by atoms with E-state index in [0.717, 1.165) is 4.88 Å². The third kappa shape index (κ3) is 2.42. The quantitative estimate of drug-likeness (QED) is 0.876. The monoisotopic (exact) mass is 242 g/mol. The van der Waals surface area contributed by atoms with Gasteiger partial charge >= 0.3 is 5.97 Å². The number of hydrogen-bond acceptors (Lipinski definition) is 4. The average molecular weight is 242 g/mol. The van der Waals surface area contributed by atoms with Gasteiger partial charge in [0.1, 0.15) is 0 Å². The Kier molecular flexibility index (Phi) is 3.58. The van der Waals surface area contributed by atoms with Crippen LogP contribution in [0.5, 0.6) is 0 Å². The van der Waals surface area contributed by atoms with Gasteiger partial charge < -0.3 is 14.6 Å². The van der Waals surface area contributed by atoms with Gasteiger partial charge in [0.25, 0.3) is 0 Å². The molecule has 0 saturated carbocycles. The highest BCUT2D eigenvalue weighted by molar-refractivity contribution is 7.09. The van der Waals surface area contributed by atoms with E-state index in [1.165, 1.54) is 0 Å². The smallest absolute Gasteiger partial charge is 0.336 e. The lowest BCUT2D eigenvalue weighted by molar-refractivity contribution is -0.180. The summed E-state index contributed by atoms with van der Waals surface area (Å²) in [6, 6.07) is 3.88. The van der Waals surface area contributed by atoms with Crippen molar-refractivity contribution in [1.82, 2.24) is 0 Å². The summed E-state index contributed by atoms with van der Waals surface area (Å²) >= 11 is 1.57. The molecule has 1 aromatic heterocycles. The van der Waals surface area contributed by atoms with E-state index in [4.69, 9.17) is 9.47 Å². The van der Waals surface area contributed by atoms with Crippen LogP contribution in [0.4, 0.5) is 0 Å². The van der Waals surface area contributed by atoms with E-state index in [1.54, 1.807) is 11.3 Å². The van der Waals surface area contributed by atoms with Gasteiger partial charge in [0.15, 0.2) is 5.60 Å². The SMILES string of the molecule is O=C(O)C1(OCc2cccs2)CCOCC1. The van der Waals surface area contributed by atoms with Crippen molar-refractivity contribution in [1.29, 1.82) is 0 Å². The molecule has 1 fully saturated rings. The molecule has 1 N–H and O–H groups in total. The Balaban J connectivity index is 2.00. The van der Waals surface area contributed by atoms with Crippen molar-refractivity contribution < 1.29 is 19.4 Å². The van der Waals surface area contributed by atoms with E-state index >= 15 is 0 Å². The minimum atomic E-state index is -1.05. The fourth-order valence-electron chi connectivity index (χ4n) is 1.73. The molecule has 0 spiro atoms. The topological polar surface area (TPSA) is 55.8 Å². The Labute approximate surface area is 97.8 Å². The molecule has 1 aliphatic rings. The van der Waals surface area contributed by atoms with Gasteiger partial charge in [-0.3, -0.25) is 0 Å². The van der Waals surface area contributed by atoms with Crippen LogP contribution in [0.15, 0.2) is 17.5 Å². The van der Waals surface area contributed by atoms with E-state index in [0.29, 0.717) is 32.7 Å². The molecule has 0 bridgehead atoms. The van der Waals surface area contributed by atoms with Crippen LogP contribution in [0.1, 0.15) is 17.7 Å². The van der Waals surface area contributed by atoms with E-state index < -0.39 is 11.6 Å². The maximum atomic E-state index is 11.3. The van der Waals surface area contributed by atoms with Gasteiger partial charge in [-0.2, -0.15) is 0 Å². The molecular formula is C11H14O4S. The predicted molar refractivity (Wildman–Crippen MR) is 59.5 cm³/mol. The number of carboxylic acids is 1. The minimum Gasteiger partial charge on any atom is -0.479 e. The van der Waals surface area contributed by atoms with E-state index in [9.17, 15) is 9.90 Å². The average Bonchev–Trinajstić information content (AvgIpc) is 2.80. The second kappa shape index (κ2) is 4.95. The zero-order chi connectivity index (χ0) is 11.4. The Morgan fingerprint density at radius 1 is 1.56 bits per heavy atom. The summed E-state index contributed by atoms with van der Waals surface area (Å²) in [4.78, 5) is 12.3. The summed E-state index contributed by atoms with van der Waals surface area (Å²) in [7, 11) is 0. The normalized spacial score (nSPS) is 19.5. The van der Waals surface area contributed by atoms with Crippen molar-refractivity contribution in [3.63, 3.8) is 0 Å². The second-order valence-corrected chi connectivity index (χ2v) is 4.81. The van der Waals surface area contributed by atoms with Gasteiger partial charge in [0.05, 0.1) is 6.61 Å². The highest BCUT2D eigenvalue weighted by Gasteiger charge is 2.41. The molecular weight excluding hydrogens is 228 g/mol. The zero-order valence-electron chi connectivity index (χ0n) is 8.85. The fourth-order valence-corrected chi connectivity index (χ4v) is 2.34. The van der Waals surface area contributed by atoms with Gasteiger partial charge in [-0.15, -0.1) is 11.3 Å². The molecule has 0 aromatic carbocycles. The summed E-state index contributed by atoms with van der Waals surface area (Å²) in [6.07, 6.45) is 0.849. The van der Waals surface area contributed by atoms with Gasteiger partial charge in [-0.25, -0.2) is 4.79 Å². The number of rotatable bonds is 4. The fraction of sp³-hybridized carbons (Fsp3) is 0.545. The lowest BCUT2D eigenvalue weighted by atomic mass is 9.94. The summed E-state index contributed by atoms with van der Waals surface area (Å²) in [6.45, 7) is 1.28. The molecule has 0 unspecified atom stereocenters. The van der Waals surface area contributed by atoms with Crippen LogP contribution in [0.3, 0.4) is 0 Å². The maximum absolute atomic E-state index is 11.3. The van der Waals surface area contributed by atoms with Crippen LogP contribution in [0, 0.1) is 0 Å². The first-order chi connectivity index (χ1) is 7.73. The van der Waals surface area contributed by atoms with Crippen LogP contribution in [0.25, 0.3) is 0 Å². The number of aliphatic carboxylic acids is 1. The summed E-state index contributed by atoms with van der Waals surface area (Å²) < 4.78 is 10.8. The van der Waals surface area contributed by atoms with Crippen LogP contribution < -0.4 is 0 Å². The molecule has 88 valence electrons. The van der Waals surface area contributed by atoms with Gasteiger partial charge in [0.2, 0.25) is 0 Å². The molecule has 1 aromatic rings. The summed E-state index contributed by atoms with van der Waals surface area (Å²) in [5, 5.41) is 11.2. The number of carboxylic acid groups (broad SMARTS) is 1. The maximum Gasteiger partial charge on any atom is 0.336 e. The Morgan fingerprint density at radius 2 is 2.31 bits per heavy atom. The lowest BCUT2D eigenvalue weighted by Crippen LogP contribution is -2.46. The predicted octanol–water partition coefficient (Wildman–Crippen LogP) is 1.90. The lowest BCUT2D eigenvalue weighted by Gasteiger charge is -2.32. The van der Waals surface area contributed by atoms with E-state index in [2.05, 4.69) is 0 Å². The highest BCUT2D eigenvalue weighted by Crippen LogP contribution is 2.27. The van der Waals surface area contributed by atoms with Crippen LogP contribution >= 0.6 is 11.3 Å². The molecule has 1 aliphatic heterocycles. The van der Waals surface area contributed by atoms with Gasteiger partial charge in [-0.05, 0) is 11.4 Å². The van der Waals surface area contributed by atoms with Crippen molar-refractivity contribution in [2.45, 2.75) is 25.0 Å². The molecule has 5 heteroatoms. The molecule has 1 saturated heterocycles. The Morgan fingerprint density at radius 3 is 2.88 bits per heavy atom. The largest absolute Gasteiger partial charge is 0.479 e. The zero-order valence-corrected chi connectivity index (χ0v) is 9.66. The first kappa shape index (κ1) is 11.6. The number of thiophene rings is 1. The molecule has 0 amide bonds. The molecule has 0 atom stereocenters. The molecule has 4 nitrogen and oxygen atoms in total. The highest BCUT2D eigenvalue weighted by atomic mass is 32.1. The van der Waals surface area contributed by atoms with Gasteiger partial charge in [-0.1, -0.05) is 6.07 Å². The first-order valence-corrected chi connectivity index (χ1v) is 6.08. The minimum absolute atomic E-state index is 0.365. The molecule has 0 aliphatic carbocycles. The number of hydrogen-bond donors (Lipinski definition) is 1. The number of carbonyl (C=O) groups is 1. The van der Waals surface area contributed by atoms with Crippen molar-refractivity contribution in [2.75, 3.05) is 13.2 Å². The van der Waals surface area contributed by atoms with Crippen molar-refractivity contribution in [2.24, 2.45) is 0 Å². The second-order valence-electron chi connectivity index (χ2n) is 3.78. The van der Waals surface area contributed by atoms with Crippen molar-refractivity contribution >= 4 is 17.3 Å². The molecule has 2 rings (SSSR count). The number of ether oxygens (including phenoxy) is 2. The molecule has 16 heavy (non-hydrogen) atoms. The van der Waals surface area contributed by atoms with Crippen molar-refractivity contribution in [3.8, 4) is 0 Å². The van der Waals surface area contributed by atoms with Crippen LogP contribution in [0.2, 0.25) is 0 Å². The van der Waals surface area contributed by atoms with Crippen LogP contribution in [-0.2, 0) is 20.9 Å². The first-order valence-electron chi connectivity index (χ1n) is 5.20. The van der Waals surface area contributed by atoms with E-state index in [1.807, 2.05) is 17.5 Å². The van der Waals surface area contributed by atoms with E-state index in [-0.39, 0.29) is 0 Å². The standard InChI is InChI=1S/C11H14O4S/c12-10(13)11(3-5-14-6-4-11)15-8-9-2-1-7-16-9/h1-2,7H,3-6,8H2,(H,12,13). The Bertz CT molecular complexity index is 341.